The Balaban J connectivity index is 1.60. The molecule has 0 aliphatic rings. The van der Waals surface area contributed by atoms with Gasteiger partial charge < -0.3 is 14.0 Å². The van der Waals surface area contributed by atoms with Gasteiger partial charge in [-0.05, 0) is 42.3 Å². The highest BCUT2D eigenvalue weighted by Gasteiger charge is 2.22. The normalized spacial score (nSPS) is 11.5. The molecule has 0 unspecified atom stereocenters. The molecule has 32 heavy (non-hydrogen) atoms. The second-order valence-electron chi connectivity index (χ2n) is 7.36. The zero-order valence-electron chi connectivity index (χ0n) is 18.2. The second kappa shape index (κ2) is 8.92. The van der Waals surface area contributed by atoms with E-state index in [9.17, 15) is 8.42 Å². The first-order valence-electron chi connectivity index (χ1n) is 10.2. The third kappa shape index (κ3) is 4.27. The molecule has 0 aliphatic heterocycles. The van der Waals surface area contributed by atoms with Crippen LogP contribution in [0.1, 0.15) is 11.4 Å². The van der Waals surface area contributed by atoms with Crippen molar-refractivity contribution in [3.8, 4) is 11.5 Å². The number of aryl methyl sites for hydroxylation is 3. The molecule has 1 heterocycles. The first-order chi connectivity index (χ1) is 15.4. The van der Waals surface area contributed by atoms with Crippen molar-refractivity contribution in [3.63, 3.8) is 0 Å². The standard InChI is InChI=1S/C24H25N3O4S/c1-27-21-11-7-6-10-20(21)25-24(27)15-12-17-8-4-5-9-19(17)26-32(28,29)23-16-18(30-2)13-14-22(23)31-3/h4-11,13-14,16,26H,12,15H2,1-3H3. The number of methoxy groups -OCH3 is 2. The molecule has 0 bridgehead atoms. The second-order valence-corrected chi connectivity index (χ2v) is 9.01. The molecule has 0 spiro atoms. The molecule has 0 atom stereocenters. The number of sulfonamides is 1. The Bertz CT molecular complexity index is 1360. The molecule has 1 N–H and O–H groups in total. The van der Waals surface area contributed by atoms with Crippen LogP contribution in [0.15, 0.2) is 71.6 Å². The van der Waals surface area contributed by atoms with Crippen LogP contribution in [0.5, 0.6) is 11.5 Å². The number of hydrogen-bond donors (Lipinski definition) is 1. The molecule has 4 aromatic rings. The first kappa shape index (κ1) is 21.7. The minimum Gasteiger partial charge on any atom is -0.497 e. The summed E-state index contributed by atoms with van der Waals surface area (Å²) in [6, 6.07) is 20.0. The van der Waals surface area contributed by atoms with Gasteiger partial charge in [0.1, 0.15) is 22.2 Å². The summed E-state index contributed by atoms with van der Waals surface area (Å²) in [7, 11) is 1.02. The van der Waals surface area contributed by atoms with E-state index in [1.54, 1.807) is 24.3 Å². The minimum absolute atomic E-state index is 0.0181. The Labute approximate surface area is 187 Å². The number of benzene rings is 3. The predicted molar refractivity (Wildman–Crippen MR) is 125 cm³/mol. The highest BCUT2D eigenvalue weighted by atomic mass is 32.2. The van der Waals surface area contributed by atoms with Gasteiger partial charge in [-0.1, -0.05) is 30.3 Å². The number of fused-ring (bicyclic) bond motifs is 1. The fourth-order valence-corrected chi connectivity index (χ4v) is 4.98. The third-order valence-corrected chi connectivity index (χ3v) is 6.81. The number of para-hydroxylation sites is 3. The predicted octanol–water partition coefficient (Wildman–Crippen LogP) is 4.18. The van der Waals surface area contributed by atoms with Gasteiger partial charge in [0, 0.05) is 19.5 Å². The highest BCUT2D eigenvalue weighted by molar-refractivity contribution is 7.92. The average Bonchev–Trinajstić information content (AvgIpc) is 3.13. The van der Waals surface area contributed by atoms with Gasteiger partial charge in [0.25, 0.3) is 10.0 Å². The highest BCUT2D eigenvalue weighted by Crippen LogP contribution is 2.30. The van der Waals surface area contributed by atoms with E-state index in [1.807, 2.05) is 43.4 Å². The van der Waals surface area contributed by atoms with E-state index in [-0.39, 0.29) is 10.6 Å². The molecule has 0 amide bonds. The number of aromatic nitrogens is 2. The molecule has 166 valence electrons. The fourth-order valence-electron chi connectivity index (χ4n) is 3.70. The molecule has 4 rings (SSSR count). The van der Waals surface area contributed by atoms with E-state index < -0.39 is 10.0 Å². The van der Waals surface area contributed by atoms with Crippen molar-refractivity contribution >= 4 is 26.7 Å². The molecule has 1 aromatic heterocycles. The Morgan fingerprint density at radius 2 is 1.69 bits per heavy atom. The lowest BCUT2D eigenvalue weighted by Crippen LogP contribution is -2.15. The third-order valence-electron chi connectivity index (χ3n) is 5.42. The van der Waals surface area contributed by atoms with Crippen molar-refractivity contribution in [2.45, 2.75) is 17.7 Å². The fraction of sp³-hybridized carbons (Fsp3) is 0.208. The molecule has 0 fully saturated rings. The van der Waals surface area contributed by atoms with Crippen molar-refractivity contribution in [2.24, 2.45) is 7.05 Å². The number of anilines is 1. The summed E-state index contributed by atoms with van der Waals surface area (Å²) < 4.78 is 41.6. The van der Waals surface area contributed by atoms with Crippen LogP contribution in [0.25, 0.3) is 11.0 Å². The number of rotatable bonds is 8. The van der Waals surface area contributed by atoms with Crippen LogP contribution in [0.3, 0.4) is 0 Å². The first-order valence-corrected chi connectivity index (χ1v) is 11.6. The van der Waals surface area contributed by atoms with Gasteiger partial charge in [-0.3, -0.25) is 4.72 Å². The number of imidazole rings is 1. The number of nitrogens with one attached hydrogen (secondary N) is 1. The van der Waals surface area contributed by atoms with Crippen molar-refractivity contribution in [3.05, 3.63) is 78.1 Å². The summed E-state index contributed by atoms with van der Waals surface area (Å²) in [5, 5.41) is 0. The van der Waals surface area contributed by atoms with Gasteiger partial charge in [-0.15, -0.1) is 0 Å². The lowest BCUT2D eigenvalue weighted by molar-refractivity contribution is 0.392. The van der Waals surface area contributed by atoms with Gasteiger partial charge in [0.05, 0.1) is 30.9 Å². The quantitative estimate of drug-likeness (QED) is 0.435. The summed E-state index contributed by atoms with van der Waals surface area (Å²) in [6.07, 6.45) is 1.30. The summed E-state index contributed by atoms with van der Waals surface area (Å²) in [6.45, 7) is 0. The van der Waals surface area contributed by atoms with Crippen LogP contribution in [0.4, 0.5) is 5.69 Å². The Kier molecular flexibility index (Phi) is 6.05. The van der Waals surface area contributed by atoms with Gasteiger partial charge in [0.2, 0.25) is 0 Å². The lowest BCUT2D eigenvalue weighted by atomic mass is 10.1. The molecule has 0 saturated heterocycles. The lowest BCUT2D eigenvalue weighted by Gasteiger charge is -2.15. The molecule has 3 aromatic carbocycles. The number of nitrogens with zero attached hydrogens (tertiary/aromatic N) is 2. The van der Waals surface area contributed by atoms with E-state index in [1.165, 1.54) is 20.3 Å². The van der Waals surface area contributed by atoms with Gasteiger partial charge in [-0.2, -0.15) is 0 Å². The molecular weight excluding hydrogens is 426 g/mol. The minimum atomic E-state index is -3.90. The summed E-state index contributed by atoms with van der Waals surface area (Å²) in [4.78, 5) is 4.73. The maximum absolute atomic E-state index is 13.2. The zero-order valence-corrected chi connectivity index (χ0v) is 19.0. The van der Waals surface area contributed by atoms with E-state index in [0.717, 1.165) is 22.4 Å². The topological polar surface area (TPSA) is 82.4 Å². The largest absolute Gasteiger partial charge is 0.497 e. The van der Waals surface area contributed by atoms with Crippen LogP contribution >= 0.6 is 0 Å². The van der Waals surface area contributed by atoms with Crippen LogP contribution in [-0.2, 0) is 29.9 Å². The average molecular weight is 452 g/mol. The molecule has 7 nitrogen and oxygen atoms in total. The van der Waals surface area contributed by atoms with Crippen LogP contribution in [0.2, 0.25) is 0 Å². The van der Waals surface area contributed by atoms with Crippen LogP contribution in [0, 0.1) is 0 Å². The zero-order chi connectivity index (χ0) is 22.7. The number of hydrogen-bond acceptors (Lipinski definition) is 5. The Hall–Kier alpha value is -3.52. The van der Waals surface area contributed by atoms with E-state index in [0.29, 0.717) is 24.3 Å². The maximum Gasteiger partial charge on any atom is 0.265 e. The van der Waals surface area contributed by atoms with E-state index in [4.69, 9.17) is 14.5 Å². The summed E-state index contributed by atoms with van der Waals surface area (Å²) in [5.41, 5.74) is 3.42. The Morgan fingerprint density at radius 3 is 2.44 bits per heavy atom. The SMILES string of the molecule is COc1ccc(OC)c(S(=O)(=O)Nc2ccccc2CCc2nc3ccccc3n2C)c1. The van der Waals surface area contributed by atoms with Crippen LogP contribution in [-0.4, -0.2) is 32.2 Å². The number of ether oxygens (including phenoxy) is 2. The van der Waals surface area contributed by atoms with Gasteiger partial charge in [0.15, 0.2) is 0 Å². The van der Waals surface area contributed by atoms with Crippen molar-refractivity contribution < 1.29 is 17.9 Å². The van der Waals surface area contributed by atoms with Gasteiger partial charge >= 0.3 is 0 Å². The molecule has 0 saturated carbocycles. The summed E-state index contributed by atoms with van der Waals surface area (Å²) in [5.74, 6) is 1.62. The van der Waals surface area contributed by atoms with Crippen molar-refractivity contribution in [1.82, 2.24) is 9.55 Å². The molecule has 0 aliphatic carbocycles. The van der Waals surface area contributed by atoms with Crippen molar-refractivity contribution in [2.75, 3.05) is 18.9 Å². The van der Waals surface area contributed by atoms with E-state index >= 15 is 0 Å². The maximum atomic E-state index is 13.2. The van der Waals surface area contributed by atoms with Crippen LogP contribution < -0.4 is 14.2 Å². The Morgan fingerprint density at radius 1 is 0.938 bits per heavy atom. The smallest absolute Gasteiger partial charge is 0.265 e. The molecule has 8 heteroatoms. The molecule has 0 radical (unpaired) electrons. The van der Waals surface area contributed by atoms with Gasteiger partial charge in [-0.25, -0.2) is 13.4 Å². The van der Waals surface area contributed by atoms with Crippen molar-refractivity contribution in [1.29, 1.82) is 0 Å². The molecular formula is C24H25N3O4S. The van der Waals surface area contributed by atoms with E-state index in [2.05, 4.69) is 9.29 Å². The monoisotopic (exact) mass is 451 g/mol. The summed E-state index contributed by atoms with van der Waals surface area (Å²) >= 11 is 0.